The van der Waals surface area contributed by atoms with Crippen LogP contribution in [-0.4, -0.2) is 40.4 Å². The Hall–Kier alpha value is -2.63. The highest BCUT2D eigenvalue weighted by Gasteiger charge is 2.09. The van der Waals surface area contributed by atoms with Gasteiger partial charge in [0.2, 0.25) is 11.8 Å². The fourth-order valence-corrected chi connectivity index (χ4v) is 2.13. The zero-order valence-electron chi connectivity index (χ0n) is 14.0. The molecule has 2 amide bonds. The Morgan fingerprint density at radius 3 is 2.30 bits per heavy atom. The summed E-state index contributed by atoms with van der Waals surface area (Å²) in [6.07, 6.45) is 2.17. The van der Waals surface area contributed by atoms with Gasteiger partial charge in [-0.3, -0.25) is 9.59 Å². The van der Waals surface area contributed by atoms with Crippen molar-refractivity contribution in [1.82, 2.24) is 14.5 Å². The third kappa shape index (κ3) is 4.18. The van der Waals surface area contributed by atoms with E-state index in [0.717, 1.165) is 17.1 Å². The first-order valence-corrected chi connectivity index (χ1v) is 7.49. The summed E-state index contributed by atoms with van der Waals surface area (Å²) in [4.78, 5) is 29.1. The van der Waals surface area contributed by atoms with Gasteiger partial charge >= 0.3 is 0 Å². The van der Waals surface area contributed by atoms with E-state index in [1.165, 1.54) is 4.90 Å². The summed E-state index contributed by atoms with van der Waals surface area (Å²) in [5.41, 5.74) is 3.78. The Morgan fingerprint density at radius 2 is 1.78 bits per heavy atom. The number of hydrogen-bond acceptors (Lipinski definition) is 3. The zero-order valence-corrected chi connectivity index (χ0v) is 14.0. The molecular formula is C17H22N4O2. The standard InChI is InChI=1S/C17H22N4O2/c1-12-13(2)21(11-18-12)15-7-5-14(6-8-15)19-16(22)9-10-17(23)20(3)4/h5-8,11H,9-10H2,1-4H3,(H,19,22). The second-order valence-corrected chi connectivity index (χ2v) is 5.67. The molecule has 0 spiro atoms. The number of nitrogens with zero attached hydrogens (tertiary/aromatic N) is 3. The summed E-state index contributed by atoms with van der Waals surface area (Å²) in [6, 6.07) is 7.54. The molecule has 122 valence electrons. The van der Waals surface area contributed by atoms with Crippen molar-refractivity contribution in [2.24, 2.45) is 0 Å². The van der Waals surface area contributed by atoms with Crippen LogP contribution >= 0.6 is 0 Å². The van der Waals surface area contributed by atoms with Gasteiger partial charge in [0.1, 0.15) is 0 Å². The topological polar surface area (TPSA) is 67.2 Å². The first-order chi connectivity index (χ1) is 10.9. The minimum absolute atomic E-state index is 0.0542. The summed E-state index contributed by atoms with van der Waals surface area (Å²) in [7, 11) is 3.36. The molecule has 0 radical (unpaired) electrons. The van der Waals surface area contributed by atoms with Crippen LogP contribution in [0.5, 0.6) is 0 Å². The molecule has 0 unspecified atom stereocenters. The number of aryl methyl sites for hydroxylation is 1. The Balaban J connectivity index is 1.96. The molecule has 23 heavy (non-hydrogen) atoms. The highest BCUT2D eigenvalue weighted by molar-refractivity contribution is 5.93. The largest absolute Gasteiger partial charge is 0.349 e. The van der Waals surface area contributed by atoms with Gasteiger partial charge in [0.05, 0.1) is 12.0 Å². The summed E-state index contributed by atoms with van der Waals surface area (Å²) < 4.78 is 2.00. The Morgan fingerprint density at radius 1 is 1.13 bits per heavy atom. The molecule has 0 bridgehead atoms. The third-order valence-corrected chi connectivity index (χ3v) is 3.75. The predicted octanol–water partition coefficient (Wildman–Crippen LogP) is 2.30. The first-order valence-electron chi connectivity index (χ1n) is 7.49. The molecular weight excluding hydrogens is 292 g/mol. The number of benzene rings is 1. The molecule has 0 aliphatic heterocycles. The van der Waals surface area contributed by atoms with Crippen molar-refractivity contribution in [2.75, 3.05) is 19.4 Å². The van der Waals surface area contributed by atoms with Gasteiger partial charge in [-0.2, -0.15) is 0 Å². The Kier molecular flexibility index (Phi) is 5.16. The second kappa shape index (κ2) is 7.09. The molecule has 1 aromatic carbocycles. The summed E-state index contributed by atoms with van der Waals surface area (Å²) in [5, 5.41) is 2.80. The lowest BCUT2D eigenvalue weighted by molar-refractivity contribution is -0.130. The number of amides is 2. The van der Waals surface area contributed by atoms with Gasteiger partial charge in [0.25, 0.3) is 0 Å². The minimum atomic E-state index is -0.164. The van der Waals surface area contributed by atoms with Gasteiger partial charge in [-0.1, -0.05) is 0 Å². The van der Waals surface area contributed by atoms with Gasteiger partial charge in [0.15, 0.2) is 0 Å². The van der Waals surface area contributed by atoms with Crippen LogP contribution in [0.25, 0.3) is 5.69 Å². The maximum atomic E-state index is 11.9. The highest BCUT2D eigenvalue weighted by atomic mass is 16.2. The van der Waals surface area contributed by atoms with Crippen LogP contribution in [0.2, 0.25) is 0 Å². The summed E-state index contributed by atoms with van der Waals surface area (Å²) in [5.74, 6) is -0.218. The molecule has 1 N–H and O–H groups in total. The third-order valence-electron chi connectivity index (χ3n) is 3.75. The highest BCUT2D eigenvalue weighted by Crippen LogP contribution is 2.17. The number of imidazole rings is 1. The van der Waals surface area contributed by atoms with E-state index in [2.05, 4.69) is 10.3 Å². The van der Waals surface area contributed by atoms with Gasteiger partial charge in [-0.25, -0.2) is 4.98 Å². The van der Waals surface area contributed by atoms with Gasteiger partial charge in [-0.15, -0.1) is 0 Å². The Bertz CT molecular complexity index is 702. The SMILES string of the molecule is Cc1ncn(-c2ccc(NC(=O)CCC(=O)N(C)C)cc2)c1C. The fourth-order valence-electron chi connectivity index (χ4n) is 2.13. The van der Waals surface area contributed by atoms with Crippen molar-refractivity contribution in [3.05, 3.63) is 42.0 Å². The molecule has 1 heterocycles. The van der Waals surface area contributed by atoms with Crippen LogP contribution < -0.4 is 5.32 Å². The predicted molar refractivity (Wildman–Crippen MR) is 89.6 cm³/mol. The summed E-state index contributed by atoms with van der Waals surface area (Å²) in [6.45, 7) is 3.98. The normalized spacial score (nSPS) is 10.4. The van der Waals surface area contributed by atoms with Crippen molar-refractivity contribution < 1.29 is 9.59 Å². The number of hydrogen-bond donors (Lipinski definition) is 1. The molecule has 0 aliphatic carbocycles. The Labute approximate surface area is 136 Å². The van der Waals surface area contributed by atoms with E-state index in [1.54, 1.807) is 20.4 Å². The van der Waals surface area contributed by atoms with E-state index in [-0.39, 0.29) is 24.7 Å². The number of rotatable bonds is 5. The maximum absolute atomic E-state index is 11.9. The smallest absolute Gasteiger partial charge is 0.224 e. The first kappa shape index (κ1) is 16.7. The maximum Gasteiger partial charge on any atom is 0.224 e. The van der Waals surface area contributed by atoms with Crippen LogP contribution in [0.4, 0.5) is 5.69 Å². The molecule has 6 heteroatoms. The monoisotopic (exact) mass is 314 g/mol. The molecule has 1 aromatic heterocycles. The molecule has 0 fully saturated rings. The van der Waals surface area contributed by atoms with Gasteiger partial charge in [0, 0.05) is 44.0 Å². The quantitative estimate of drug-likeness (QED) is 0.921. The van der Waals surface area contributed by atoms with E-state index >= 15 is 0 Å². The van der Waals surface area contributed by atoms with E-state index in [0.29, 0.717) is 5.69 Å². The zero-order chi connectivity index (χ0) is 17.0. The van der Waals surface area contributed by atoms with Crippen molar-refractivity contribution in [1.29, 1.82) is 0 Å². The van der Waals surface area contributed by atoms with E-state index in [9.17, 15) is 9.59 Å². The van der Waals surface area contributed by atoms with E-state index in [1.807, 2.05) is 42.7 Å². The van der Waals surface area contributed by atoms with Crippen molar-refractivity contribution in [2.45, 2.75) is 26.7 Å². The minimum Gasteiger partial charge on any atom is -0.349 e. The molecule has 0 atom stereocenters. The van der Waals surface area contributed by atoms with Crippen LogP contribution in [0.1, 0.15) is 24.2 Å². The molecule has 0 saturated carbocycles. The van der Waals surface area contributed by atoms with Crippen molar-refractivity contribution >= 4 is 17.5 Å². The van der Waals surface area contributed by atoms with Crippen LogP contribution in [0, 0.1) is 13.8 Å². The van der Waals surface area contributed by atoms with Gasteiger partial charge < -0.3 is 14.8 Å². The van der Waals surface area contributed by atoms with Crippen LogP contribution in [0.15, 0.2) is 30.6 Å². The number of aromatic nitrogens is 2. The average Bonchev–Trinajstić information content (AvgIpc) is 2.85. The molecule has 0 saturated heterocycles. The lowest BCUT2D eigenvalue weighted by atomic mass is 10.2. The fraction of sp³-hybridized carbons (Fsp3) is 0.353. The van der Waals surface area contributed by atoms with Crippen LogP contribution in [-0.2, 0) is 9.59 Å². The van der Waals surface area contributed by atoms with Crippen molar-refractivity contribution in [3.8, 4) is 5.69 Å². The van der Waals surface area contributed by atoms with Crippen molar-refractivity contribution in [3.63, 3.8) is 0 Å². The number of carbonyl (C=O) groups excluding carboxylic acids is 2. The number of carbonyl (C=O) groups is 2. The lowest BCUT2D eigenvalue weighted by Gasteiger charge is -2.10. The second-order valence-electron chi connectivity index (χ2n) is 5.67. The number of anilines is 1. The molecule has 6 nitrogen and oxygen atoms in total. The van der Waals surface area contributed by atoms with Gasteiger partial charge in [-0.05, 0) is 38.1 Å². The number of nitrogens with one attached hydrogen (secondary N) is 1. The van der Waals surface area contributed by atoms with E-state index in [4.69, 9.17) is 0 Å². The molecule has 2 aromatic rings. The molecule has 0 aliphatic rings. The van der Waals surface area contributed by atoms with E-state index < -0.39 is 0 Å². The lowest BCUT2D eigenvalue weighted by Crippen LogP contribution is -2.23. The molecule has 2 rings (SSSR count). The van der Waals surface area contributed by atoms with Crippen LogP contribution in [0.3, 0.4) is 0 Å². The summed E-state index contributed by atoms with van der Waals surface area (Å²) >= 11 is 0. The average molecular weight is 314 g/mol.